The summed E-state index contributed by atoms with van der Waals surface area (Å²) in [6.45, 7) is 5.34. The van der Waals surface area contributed by atoms with Crippen molar-refractivity contribution in [2.75, 3.05) is 13.2 Å². The molecule has 0 radical (unpaired) electrons. The van der Waals surface area contributed by atoms with Crippen molar-refractivity contribution in [3.63, 3.8) is 0 Å². The number of esters is 2. The van der Waals surface area contributed by atoms with Gasteiger partial charge in [-0.1, -0.05) is 17.7 Å². The maximum absolute atomic E-state index is 11.8. The topological polar surface area (TPSA) is 85.2 Å². The summed E-state index contributed by atoms with van der Waals surface area (Å²) in [4.78, 5) is 27.8. The molecule has 0 saturated carbocycles. The van der Waals surface area contributed by atoms with Crippen molar-refractivity contribution in [1.29, 1.82) is 0 Å². The van der Waals surface area contributed by atoms with Crippen LogP contribution in [0.25, 0.3) is 0 Å². The maximum atomic E-state index is 11.8. The number of aliphatic hydroxyl groups excluding tert-OH is 1. The number of aliphatic imine (C=N–C) groups is 1. The van der Waals surface area contributed by atoms with Crippen molar-refractivity contribution in [2.24, 2.45) is 10.9 Å². The highest BCUT2D eigenvalue weighted by atomic mass is 16.6. The molecule has 0 aliphatic carbocycles. The highest BCUT2D eigenvalue weighted by Gasteiger charge is 2.27. The van der Waals surface area contributed by atoms with Gasteiger partial charge in [0.25, 0.3) is 0 Å². The smallest absolute Gasteiger partial charge is 0.325 e. The van der Waals surface area contributed by atoms with Gasteiger partial charge in [0.2, 0.25) is 0 Å². The molecule has 0 unspecified atom stereocenters. The number of carbonyl (C=O) groups excluding carboxylic acids is 2. The number of hydrogen-bond donors (Lipinski definition) is 1. The zero-order valence-corrected chi connectivity index (χ0v) is 13.0. The lowest BCUT2D eigenvalue weighted by atomic mass is 10.1. The van der Waals surface area contributed by atoms with Crippen molar-refractivity contribution in [1.82, 2.24) is 0 Å². The molecule has 0 heterocycles. The molecule has 120 valence electrons. The van der Waals surface area contributed by atoms with Gasteiger partial charge in [0, 0.05) is 11.8 Å². The van der Waals surface area contributed by atoms with Gasteiger partial charge in [0.15, 0.2) is 5.92 Å². The molecule has 1 rings (SSSR count). The van der Waals surface area contributed by atoms with E-state index in [1.165, 1.54) is 6.21 Å². The molecule has 22 heavy (non-hydrogen) atoms. The van der Waals surface area contributed by atoms with Crippen LogP contribution in [0.4, 0.5) is 5.69 Å². The minimum Gasteiger partial charge on any atom is -0.465 e. The molecular formula is C16H21NO5. The van der Waals surface area contributed by atoms with E-state index in [2.05, 4.69) is 4.99 Å². The summed E-state index contributed by atoms with van der Waals surface area (Å²) in [6, 6.07) is 5.33. The third-order valence-electron chi connectivity index (χ3n) is 2.85. The zero-order chi connectivity index (χ0) is 16.5. The molecule has 0 bridgehead atoms. The molecule has 0 spiro atoms. The molecule has 0 aromatic heterocycles. The van der Waals surface area contributed by atoms with Gasteiger partial charge in [-0.15, -0.1) is 0 Å². The standard InChI is InChI=1S/C16H21NO5/c1-4-21-15(19)13(16(20)22-5-2)9-17-14-7-6-11(3)8-12(14)10-18/h6-9,13,18H,4-5,10H2,1-3H3. The van der Waals surface area contributed by atoms with Gasteiger partial charge in [0.1, 0.15) is 0 Å². The minimum absolute atomic E-state index is 0.162. The van der Waals surface area contributed by atoms with Crippen molar-refractivity contribution < 1.29 is 24.2 Å². The Kier molecular flexibility index (Phi) is 7.25. The monoisotopic (exact) mass is 307 g/mol. The lowest BCUT2D eigenvalue weighted by molar-refractivity contribution is -0.157. The van der Waals surface area contributed by atoms with Crippen molar-refractivity contribution >= 4 is 23.8 Å². The van der Waals surface area contributed by atoms with E-state index < -0.39 is 17.9 Å². The number of benzene rings is 1. The molecule has 1 N–H and O–H groups in total. The fourth-order valence-electron chi connectivity index (χ4n) is 1.80. The van der Waals surface area contributed by atoms with E-state index in [9.17, 15) is 14.7 Å². The van der Waals surface area contributed by atoms with Gasteiger partial charge in [-0.2, -0.15) is 0 Å². The van der Waals surface area contributed by atoms with E-state index >= 15 is 0 Å². The molecule has 6 nitrogen and oxygen atoms in total. The Bertz CT molecular complexity index is 535. The maximum Gasteiger partial charge on any atom is 0.325 e. The molecule has 0 amide bonds. The van der Waals surface area contributed by atoms with E-state index in [4.69, 9.17) is 9.47 Å². The molecule has 1 aromatic carbocycles. The molecule has 0 saturated heterocycles. The summed E-state index contributed by atoms with van der Waals surface area (Å²) in [5, 5.41) is 9.34. The first kappa shape index (κ1) is 17.8. The summed E-state index contributed by atoms with van der Waals surface area (Å²) >= 11 is 0. The fraction of sp³-hybridized carbons (Fsp3) is 0.438. The normalized spacial score (nSPS) is 11.0. The summed E-state index contributed by atoms with van der Waals surface area (Å²) in [7, 11) is 0. The predicted molar refractivity (Wildman–Crippen MR) is 82.0 cm³/mol. The summed E-state index contributed by atoms with van der Waals surface area (Å²) in [6.07, 6.45) is 1.19. The highest BCUT2D eigenvalue weighted by Crippen LogP contribution is 2.20. The number of rotatable bonds is 7. The van der Waals surface area contributed by atoms with Crippen LogP contribution in [-0.4, -0.2) is 36.5 Å². The van der Waals surface area contributed by atoms with Crippen LogP contribution < -0.4 is 0 Å². The fourth-order valence-corrected chi connectivity index (χ4v) is 1.80. The van der Waals surface area contributed by atoms with Crippen LogP contribution in [0.2, 0.25) is 0 Å². The molecule has 0 atom stereocenters. The third kappa shape index (κ3) is 4.96. The number of aliphatic hydroxyl groups is 1. The van der Waals surface area contributed by atoms with Crippen LogP contribution in [0.5, 0.6) is 0 Å². The Morgan fingerprint density at radius 3 is 2.32 bits per heavy atom. The molecule has 6 heteroatoms. The van der Waals surface area contributed by atoms with Crippen molar-refractivity contribution in [3.05, 3.63) is 29.3 Å². The Balaban J connectivity index is 3.02. The Hall–Kier alpha value is -2.21. The molecule has 1 aromatic rings. The summed E-state index contributed by atoms with van der Waals surface area (Å²) in [5.74, 6) is -2.63. The van der Waals surface area contributed by atoms with Crippen molar-refractivity contribution in [3.8, 4) is 0 Å². The van der Waals surface area contributed by atoms with Gasteiger partial charge in [-0.25, -0.2) is 0 Å². The average Bonchev–Trinajstić information content (AvgIpc) is 2.49. The number of ether oxygens (including phenoxy) is 2. The Morgan fingerprint density at radius 1 is 1.23 bits per heavy atom. The number of aryl methyl sites for hydroxylation is 1. The summed E-state index contributed by atoms with van der Waals surface area (Å²) < 4.78 is 9.71. The van der Waals surface area contributed by atoms with Crippen LogP contribution in [0.3, 0.4) is 0 Å². The molecule has 0 aliphatic rings. The third-order valence-corrected chi connectivity index (χ3v) is 2.85. The lowest BCUT2D eigenvalue weighted by Crippen LogP contribution is -2.29. The molecule has 0 aliphatic heterocycles. The molecular weight excluding hydrogens is 286 g/mol. The zero-order valence-electron chi connectivity index (χ0n) is 13.0. The molecule has 0 fully saturated rings. The van der Waals surface area contributed by atoms with Crippen molar-refractivity contribution in [2.45, 2.75) is 27.4 Å². The second-order valence-corrected chi connectivity index (χ2v) is 4.55. The second kappa shape index (κ2) is 8.94. The second-order valence-electron chi connectivity index (χ2n) is 4.55. The van der Waals surface area contributed by atoms with Gasteiger partial charge >= 0.3 is 11.9 Å². The predicted octanol–water partition coefficient (Wildman–Crippen LogP) is 1.93. The largest absolute Gasteiger partial charge is 0.465 e. The highest BCUT2D eigenvalue weighted by molar-refractivity contribution is 6.09. The number of nitrogens with zero attached hydrogens (tertiary/aromatic N) is 1. The van der Waals surface area contributed by atoms with Crippen LogP contribution in [0.15, 0.2) is 23.2 Å². The minimum atomic E-state index is -1.22. The van der Waals surface area contributed by atoms with Gasteiger partial charge in [0.05, 0.1) is 25.5 Å². The van der Waals surface area contributed by atoms with E-state index in [0.717, 1.165) is 5.56 Å². The van der Waals surface area contributed by atoms with Gasteiger partial charge < -0.3 is 14.6 Å². The first-order valence-electron chi connectivity index (χ1n) is 7.11. The SMILES string of the molecule is CCOC(=O)C(C=Nc1ccc(C)cc1CO)C(=O)OCC. The average molecular weight is 307 g/mol. The first-order chi connectivity index (χ1) is 10.5. The lowest BCUT2D eigenvalue weighted by Gasteiger charge is -2.10. The summed E-state index contributed by atoms with van der Waals surface area (Å²) in [5.41, 5.74) is 2.09. The van der Waals surface area contributed by atoms with Crippen LogP contribution in [0, 0.1) is 12.8 Å². The van der Waals surface area contributed by atoms with Crippen LogP contribution in [-0.2, 0) is 25.7 Å². The number of hydrogen-bond acceptors (Lipinski definition) is 6. The van der Waals surface area contributed by atoms with Gasteiger partial charge in [-0.05, 0) is 26.8 Å². The number of carbonyl (C=O) groups is 2. The van der Waals surface area contributed by atoms with E-state index in [1.54, 1.807) is 26.0 Å². The van der Waals surface area contributed by atoms with Gasteiger partial charge in [-0.3, -0.25) is 14.6 Å². The Labute approximate surface area is 129 Å². The van der Waals surface area contributed by atoms with Crippen LogP contribution >= 0.6 is 0 Å². The van der Waals surface area contributed by atoms with E-state index in [-0.39, 0.29) is 19.8 Å². The quantitative estimate of drug-likeness (QED) is 0.472. The van der Waals surface area contributed by atoms with Crippen LogP contribution in [0.1, 0.15) is 25.0 Å². The Morgan fingerprint density at radius 2 is 1.82 bits per heavy atom. The van der Waals surface area contributed by atoms with E-state index in [1.807, 2.05) is 13.0 Å². The van der Waals surface area contributed by atoms with E-state index in [0.29, 0.717) is 11.3 Å². The first-order valence-corrected chi connectivity index (χ1v) is 7.11.